The monoisotopic (exact) mass is 283 g/mol. The van der Waals surface area contributed by atoms with Gasteiger partial charge in [0.2, 0.25) is 5.91 Å². The molecule has 2 atom stereocenters. The molecule has 2 rings (SSSR count). The molecule has 0 aliphatic heterocycles. The SMILES string of the molecule is O=C(CSc1ccccc1F)NCC1CCCC1O. The van der Waals surface area contributed by atoms with Crippen molar-refractivity contribution in [2.75, 3.05) is 12.3 Å². The van der Waals surface area contributed by atoms with Crippen molar-refractivity contribution in [3.8, 4) is 0 Å². The van der Waals surface area contributed by atoms with Gasteiger partial charge >= 0.3 is 0 Å². The van der Waals surface area contributed by atoms with E-state index in [-0.39, 0.29) is 29.5 Å². The molecule has 2 unspecified atom stereocenters. The highest BCUT2D eigenvalue weighted by molar-refractivity contribution is 8.00. The van der Waals surface area contributed by atoms with E-state index in [4.69, 9.17) is 0 Å². The lowest BCUT2D eigenvalue weighted by Gasteiger charge is -2.14. The lowest BCUT2D eigenvalue weighted by Crippen LogP contribution is -2.33. The van der Waals surface area contributed by atoms with Gasteiger partial charge in [0.15, 0.2) is 0 Å². The van der Waals surface area contributed by atoms with Crippen molar-refractivity contribution in [3.63, 3.8) is 0 Å². The summed E-state index contributed by atoms with van der Waals surface area (Å²) in [5.74, 6) is -0.0507. The first-order valence-corrected chi connectivity index (χ1v) is 7.47. The van der Waals surface area contributed by atoms with Crippen molar-refractivity contribution in [1.82, 2.24) is 5.32 Å². The second-order valence-corrected chi connectivity index (χ2v) is 5.80. The molecule has 1 aromatic carbocycles. The second-order valence-electron chi connectivity index (χ2n) is 4.78. The van der Waals surface area contributed by atoms with Crippen molar-refractivity contribution in [1.29, 1.82) is 0 Å². The Labute approximate surface area is 116 Å². The van der Waals surface area contributed by atoms with E-state index in [1.165, 1.54) is 17.8 Å². The normalized spacial score (nSPS) is 22.4. The minimum Gasteiger partial charge on any atom is -0.393 e. The number of carbonyl (C=O) groups is 1. The zero-order valence-electron chi connectivity index (χ0n) is 10.6. The van der Waals surface area contributed by atoms with Crippen molar-refractivity contribution in [2.45, 2.75) is 30.3 Å². The van der Waals surface area contributed by atoms with Crippen LogP contribution < -0.4 is 5.32 Å². The zero-order valence-corrected chi connectivity index (χ0v) is 11.5. The summed E-state index contributed by atoms with van der Waals surface area (Å²) in [7, 11) is 0. The fourth-order valence-corrected chi connectivity index (χ4v) is 3.03. The molecule has 19 heavy (non-hydrogen) atoms. The van der Waals surface area contributed by atoms with Crippen LogP contribution in [0.1, 0.15) is 19.3 Å². The molecule has 0 spiro atoms. The van der Waals surface area contributed by atoms with E-state index in [9.17, 15) is 14.3 Å². The molecule has 0 heterocycles. The number of thioether (sulfide) groups is 1. The maximum Gasteiger partial charge on any atom is 0.230 e. The number of nitrogens with one attached hydrogen (secondary N) is 1. The van der Waals surface area contributed by atoms with Gasteiger partial charge in [-0.3, -0.25) is 4.79 Å². The van der Waals surface area contributed by atoms with Crippen LogP contribution in [-0.2, 0) is 4.79 Å². The lowest BCUT2D eigenvalue weighted by molar-refractivity contribution is -0.118. The van der Waals surface area contributed by atoms with E-state index >= 15 is 0 Å². The van der Waals surface area contributed by atoms with Crippen molar-refractivity contribution in [3.05, 3.63) is 30.1 Å². The molecule has 0 aromatic heterocycles. The van der Waals surface area contributed by atoms with Crippen LogP contribution in [0, 0.1) is 11.7 Å². The van der Waals surface area contributed by atoms with E-state index in [1.54, 1.807) is 18.2 Å². The van der Waals surface area contributed by atoms with Gasteiger partial charge in [0.05, 0.1) is 11.9 Å². The van der Waals surface area contributed by atoms with E-state index in [2.05, 4.69) is 5.32 Å². The summed E-state index contributed by atoms with van der Waals surface area (Å²) in [5.41, 5.74) is 0. The maximum absolute atomic E-state index is 13.3. The minimum atomic E-state index is -0.300. The van der Waals surface area contributed by atoms with E-state index in [1.807, 2.05) is 0 Å². The van der Waals surface area contributed by atoms with Crippen LogP contribution in [0.15, 0.2) is 29.2 Å². The van der Waals surface area contributed by atoms with Crippen LogP contribution >= 0.6 is 11.8 Å². The van der Waals surface area contributed by atoms with Crippen molar-refractivity contribution in [2.24, 2.45) is 5.92 Å². The Hall–Kier alpha value is -1.07. The molecular weight excluding hydrogens is 265 g/mol. The van der Waals surface area contributed by atoms with E-state index in [0.717, 1.165) is 19.3 Å². The highest BCUT2D eigenvalue weighted by atomic mass is 32.2. The standard InChI is InChI=1S/C14H18FNO2S/c15-11-5-1-2-7-13(11)19-9-14(18)16-8-10-4-3-6-12(10)17/h1-2,5,7,10,12,17H,3-4,6,8-9H2,(H,16,18). The number of aliphatic hydroxyl groups excluding tert-OH is 1. The molecule has 1 fully saturated rings. The largest absolute Gasteiger partial charge is 0.393 e. The Balaban J connectivity index is 1.71. The van der Waals surface area contributed by atoms with Crippen LogP contribution in [0.2, 0.25) is 0 Å². The average molecular weight is 283 g/mol. The zero-order chi connectivity index (χ0) is 13.7. The molecule has 104 valence electrons. The van der Waals surface area contributed by atoms with Gasteiger partial charge in [0.1, 0.15) is 5.82 Å². The molecule has 2 N–H and O–H groups in total. The number of hydrogen-bond acceptors (Lipinski definition) is 3. The lowest BCUT2D eigenvalue weighted by atomic mass is 10.1. The Morgan fingerprint density at radius 1 is 1.42 bits per heavy atom. The number of rotatable bonds is 5. The molecule has 1 aromatic rings. The molecule has 1 aliphatic rings. The number of amides is 1. The van der Waals surface area contributed by atoms with Crippen LogP contribution in [0.5, 0.6) is 0 Å². The molecule has 0 radical (unpaired) electrons. The number of halogens is 1. The summed E-state index contributed by atoms with van der Waals surface area (Å²) in [6.07, 6.45) is 2.51. The number of carbonyl (C=O) groups excluding carboxylic acids is 1. The Bertz CT molecular complexity index is 441. The first-order chi connectivity index (χ1) is 9.16. The van der Waals surface area contributed by atoms with Gasteiger partial charge < -0.3 is 10.4 Å². The third kappa shape index (κ3) is 4.21. The van der Waals surface area contributed by atoms with Gasteiger partial charge in [-0.1, -0.05) is 18.6 Å². The minimum absolute atomic E-state index is 0.118. The molecular formula is C14H18FNO2S. The molecule has 3 nitrogen and oxygen atoms in total. The summed E-state index contributed by atoms with van der Waals surface area (Å²) in [4.78, 5) is 12.1. The molecule has 1 aliphatic carbocycles. The maximum atomic E-state index is 13.3. The summed E-state index contributed by atoms with van der Waals surface area (Å²) in [6.45, 7) is 0.512. The average Bonchev–Trinajstić information content (AvgIpc) is 2.81. The number of benzene rings is 1. The second kappa shape index (κ2) is 6.91. The summed E-state index contributed by atoms with van der Waals surface area (Å²) >= 11 is 1.19. The quantitative estimate of drug-likeness (QED) is 0.815. The highest BCUT2D eigenvalue weighted by Gasteiger charge is 2.25. The third-order valence-electron chi connectivity index (χ3n) is 3.38. The first-order valence-electron chi connectivity index (χ1n) is 6.49. The molecule has 5 heteroatoms. The Morgan fingerprint density at radius 3 is 2.89 bits per heavy atom. The summed E-state index contributed by atoms with van der Waals surface area (Å²) in [5, 5.41) is 12.4. The number of hydrogen-bond donors (Lipinski definition) is 2. The van der Waals surface area contributed by atoms with Gasteiger partial charge in [-0.15, -0.1) is 11.8 Å². The topological polar surface area (TPSA) is 49.3 Å². The molecule has 1 amide bonds. The van der Waals surface area contributed by atoms with Gasteiger partial charge in [-0.2, -0.15) is 0 Å². The van der Waals surface area contributed by atoms with Crippen molar-refractivity contribution >= 4 is 17.7 Å². The summed E-state index contributed by atoms with van der Waals surface area (Å²) in [6, 6.07) is 6.42. The predicted octanol–water partition coefficient (Wildman–Crippen LogP) is 2.20. The van der Waals surface area contributed by atoms with Gasteiger partial charge in [-0.25, -0.2) is 4.39 Å². The van der Waals surface area contributed by atoms with E-state index in [0.29, 0.717) is 11.4 Å². The fourth-order valence-electron chi connectivity index (χ4n) is 2.26. The highest BCUT2D eigenvalue weighted by Crippen LogP contribution is 2.25. The molecule has 1 saturated carbocycles. The van der Waals surface area contributed by atoms with Gasteiger partial charge in [0.25, 0.3) is 0 Å². The summed E-state index contributed by atoms with van der Waals surface area (Å²) < 4.78 is 13.3. The van der Waals surface area contributed by atoms with Crippen LogP contribution in [0.4, 0.5) is 4.39 Å². The van der Waals surface area contributed by atoms with Crippen LogP contribution in [0.25, 0.3) is 0 Å². The van der Waals surface area contributed by atoms with Crippen molar-refractivity contribution < 1.29 is 14.3 Å². The number of aliphatic hydroxyl groups is 1. The molecule has 0 bridgehead atoms. The van der Waals surface area contributed by atoms with E-state index < -0.39 is 0 Å². The Kier molecular flexibility index (Phi) is 5.22. The van der Waals surface area contributed by atoms with Crippen LogP contribution in [0.3, 0.4) is 0 Å². The predicted molar refractivity (Wildman–Crippen MR) is 73.5 cm³/mol. The third-order valence-corrected chi connectivity index (χ3v) is 4.42. The van der Waals surface area contributed by atoms with Crippen LogP contribution in [-0.4, -0.2) is 29.4 Å². The Morgan fingerprint density at radius 2 is 2.21 bits per heavy atom. The fraction of sp³-hybridized carbons (Fsp3) is 0.500. The first kappa shape index (κ1) is 14.3. The van der Waals surface area contributed by atoms with Gasteiger partial charge in [0, 0.05) is 17.4 Å². The molecule has 0 saturated heterocycles. The van der Waals surface area contributed by atoms with Gasteiger partial charge in [-0.05, 0) is 25.0 Å². The smallest absolute Gasteiger partial charge is 0.230 e.